The molecule has 178 valence electrons. The molecular weight excluding hydrogens is 490 g/mol. The summed E-state index contributed by atoms with van der Waals surface area (Å²) in [5, 5.41) is 10.2. The van der Waals surface area contributed by atoms with Gasteiger partial charge in [0.05, 0.1) is 11.4 Å². The van der Waals surface area contributed by atoms with Crippen molar-refractivity contribution in [3.05, 3.63) is 92.2 Å². The molecule has 0 aliphatic heterocycles. The number of imidazole rings is 1. The van der Waals surface area contributed by atoms with Gasteiger partial charge in [0.15, 0.2) is 17.0 Å². The zero-order chi connectivity index (χ0) is 24.9. The van der Waals surface area contributed by atoms with Crippen LogP contribution < -0.4 is 16.4 Å². The monoisotopic (exact) mass is 509 g/mol. The molecule has 0 radical (unpaired) electrons. The van der Waals surface area contributed by atoms with Gasteiger partial charge in [-0.25, -0.2) is 19.1 Å². The van der Waals surface area contributed by atoms with Gasteiger partial charge in [-0.1, -0.05) is 23.7 Å². The molecule has 0 aliphatic rings. The highest BCUT2D eigenvalue weighted by Crippen LogP contribution is 2.27. The van der Waals surface area contributed by atoms with Crippen LogP contribution >= 0.6 is 11.6 Å². The van der Waals surface area contributed by atoms with Crippen LogP contribution in [0.3, 0.4) is 0 Å². The van der Waals surface area contributed by atoms with E-state index in [2.05, 4.69) is 5.10 Å². The van der Waals surface area contributed by atoms with Crippen molar-refractivity contribution in [1.82, 2.24) is 28.5 Å². The van der Waals surface area contributed by atoms with E-state index in [1.54, 1.807) is 77.1 Å². The van der Waals surface area contributed by atoms with Crippen molar-refractivity contribution in [3.63, 3.8) is 0 Å². The molecule has 0 spiro atoms. The maximum Gasteiger partial charge on any atom is 0.332 e. The van der Waals surface area contributed by atoms with E-state index in [1.807, 2.05) is 0 Å². The van der Waals surface area contributed by atoms with E-state index < -0.39 is 22.2 Å². The Labute approximate surface area is 206 Å². The minimum atomic E-state index is -1.61. The molecule has 0 amide bonds. The molecule has 5 rings (SSSR count). The zero-order valence-corrected chi connectivity index (χ0v) is 20.3. The molecular formula is C23H20ClN7O3S. The Balaban J connectivity index is 1.82. The van der Waals surface area contributed by atoms with E-state index in [-0.39, 0.29) is 17.7 Å². The summed E-state index contributed by atoms with van der Waals surface area (Å²) in [6, 6.07) is 15.5. The number of fused-ring (bicyclic) bond motifs is 1. The van der Waals surface area contributed by atoms with Gasteiger partial charge in [0.25, 0.3) is 5.56 Å². The van der Waals surface area contributed by atoms with Crippen LogP contribution in [-0.2, 0) is 31.6 Å². The van der Waals surface area contributed by atoms with Crippen LogP contribution in [0.1, 0.15) is 5.56 Å². The van der Waals surface area contributed by atoms with Crippen molar-refractivity contribution in [1.29, 1.82) is 0 Å². The Hall–Kier alpha value is -3.80. The molecule has 1 unspecified atom stereocenters. The molecule has 1 atom stereocenters. The second-order valence-corrected chi connectivity index (χ2v) is 9.44. The Morgan fingerprint density at radius 2 is 1.69 bits per heavy atom. The molecule has 0 saturated carbocycles. The van der Waals surface area contributed by atoms with Gasteiger partial charge >= 0.3 is 5.69 Å². The van der Waals surface area contributed by atoms with Gasteiger partial charge in [0.1, 0.15) is 16.7 Å². The highest BCUT2D eigenvalue weighted by atomic mass is 35.5. The fraction of sp³-hybridized carbons (Fsp3) is 0.130. The summed E-state index contributed by atoms with van der Waals surface area (Å²) >= 11 is 6.10. The summed E-state index contributed by atoms with van der Waals surface area (Å²) in [5.41, 5.74) is 1.56. The molecule has 3 aromatic heterocycles. The lowest BCUT2D eigenvalue weighted by atomic mass is 10.2. The summed E-state index contributed by atoms with van der Waals surface area (Å²) < 4.78 is 17.4. The SMILES string of the molecule is Cn1nccc1-c1nc2c(c(=O)n(C)c(=O)n2Cc2ccc(S(N)=O)cc2)n1-c1ccc(Cl)cc1. The number of hydrogen-bond acceptors (Lipinski definition) is 5. The van der Waals surface area contributed by atoms with Gasteiger partial charge in [-0.15, -0.1) is 0 Å². The fourth-order valence-electron chi connectivity index (χ4n) is 3.97. The van der Waals surface area contributed by atoms with Gasteiger partial charge in [0, 0.05) is 31.0 Å². The first kappa shape index (κ1) is 23.0. The highest BCUT2D eigenvalue weighted by Gasteiger charge is 2.24. The van der Waals surface area contributed by atoms with Gasteiger partial charge in [-0.3, -0.25) is 23.2 Å². The third kappa shape index (κ3) is 3.93. The van der Waals surface area contributed by atoms with Crippen LogP contribution in [0.2, 0.25) is 5.02 Å². The first-order chi connectivity index (χ1) is 16.8. The fourth-order valence-corrected chi connectivity index (χ4v) is 4.50. The lowest BCUT2D eigenvalue weighted by Crippen LogP contribution is -2.39. The number of nitrogens with two attached hydrogens (primary N) is 1. The first-order valence-corrected chi connectivity index (χ1v) is 12.1. The molecule has 0 saturated heterocycles. The molecule has 10 nitrogen and oxygen atoms in total. The smallest absolute Gasteiger partial charge is 0.285 e. The van der Waals surface area contributed by atoms with E-state index in [0.29, 0.717) is 27.1 Å². The van der Waals surface area contributed by atoms with Crippen LogP contribution in [-0.4, -0.2) is 32.7 Å². The van der Waals surface area contributed by atoms with Crippen molar-refractivity contribution in [3.8, 4) is 17.2 Å². The van der Waals surface area contributed by atoms with Crippen LogP contribution in [0.15, 0.2) is 75.3 Å². The van der Waals surface area contributed by atoms with Crippen molar-refractivity contribution in [2.24, 2.45) is 19.2 Å². The molecule has 0 aliphatic carbocycles. The Bertz CT molecular complexity index is 1710. The van der Waals surface area contributed by atoms with Crippen molar-refractivity contribution >= 4 is 33.8 Å². The molecule has 2 N–H and O–H groups in total. The summed E-state index contributed by atoms with van der Waals surface area (Å²) in [5.74, 6) is 0.452. The number of halogens is 1. The maximum atomic E-state index is 13.4. The summed E-state index contributed by atoms with van der Waals surface area (Å²) in [4.78, 5) is 31.8. The van der Waals surface area contributed by atoms with E-state index >= 15 is 0 Å². The van der Waals surface area contributed by atoms with E-state index in [1.165, 1.54) is 11.6 Å². The van der Waals surface area contributed by atoms with Gasteiger partial charge in [-0.05, 0) is 48.0 Å². The number of benzene rings is 2. The second-order valence-electron chi connectivity index (χ2n) is 7.93. The summed E-state index contributed by atoms with van der Waals surface area (Å²) in [7, 11) is 1.60. The standard InChI is InChI=1S/C23H20ClN7O3S/c1-28-22(32)19-21(30(23(28)33)13-14-3-9-17(10-4-14)35(25)34)27-20(18-11-12-26-29(18)2)31(19)16-7-5-15(24)6-8-16/h3-12H,13,25H2,1-2H3. The molecule has 3 heterocycles. The number of hydrogen-bond donors (Lipinski definition) is 1. The first-order valence-electron chi connectivity index (χ1n) is 10.5. The van der Waals surface area contributed by atoms with Crippen molar-refractivity contribution < 1.29 is 4.21 Å². The van der Waals surface area contributed by atoms with Crippen molar-refractivity contribution in [2.45, 2.75) is 11.4 Å². The Kier molecular flexibility index (Phi) is 5.75. The molecule has 12 heteroatoms. The normalized spacial score (nSPS) is 12.3. The van der Waals surface area contributed by atoms with Crippen LogP contribution in [0.5, 0.6) is 0 Å². The number of rotatable bonds is 5. The predicted molar refractivity (Wildman–Crippen MR) is 134 cm³/mol. The van der Waals surface area contributed by atoms with Crippen molar-refractivity contribution in [2.75, 3.05) is 0 Å². The minimum Gasteiger partial charge on any atom is -0.285 e. The quantitative estimate of drug-likeness (QED) is 0.388. The minimum absolute atomic E-state index is 0.142. The lowest BCUT2D eigenvalue weighted by molar-refractivity contribution is 0.667. The third-order valence-electron chi connectivity index (χ3n) is 5.77. The maximum absolute atomic E-state index is 13.4. The van der Waals surface area contributed by atoms with Crippen LogP contribution in [0.4, 0.5) is 0 Å². The topological polar surface area (TPSA) is 123 Å². The van der Waals surface area contributed by atoms with E-state index in [9.17, 15) is 13.8 Å². The number of aromatic nitrogens is 6. The average Bonchev–Trinajstić information content (AvgIpc) is 3.44. The lowest BCUT2D eigenvalue weighted by Gasteiger charge is -2.11. The number of nitrogens with zero attached hydrogens (tertiary/aromatic N) is 6. The summed E-state index contributed by atoms with van der Waals surface area (Å²) in [6.45, 7) is 0.142. The average molecular weight is 510 g/mol. The second kappa shape index (κ2) is 8.77. The molecule has 2 aromatic carbocycles. The van der Waals surface area contributed by atoms with Gasteiger partial charge in [0.2, 0.25) is 0 Å². The summed E-state index contributed by atoms with van der Waals surface area (Å²) in [6.07, 6.45) is 1.63. The van der Waals surface area contributed by atoms with Gasteiger partial charge < -0.3 is 0 Å². The Morgan fingerprint density at radius 1 is 1.00 bits per heavy atom. The molecule has 35 heavy (non-hydrogen) atoms. The Morgan fingerprint density at radius 3 is 2.29 bits per heavy atom. The number of aryl methyl sites for hydroxylation is 1. The van der Waals surface area contributed by atoms with Crippen LogP contribution in [0.25, 0.3) is 28.4 Å². The largest absolute Gasteiger partial charge is 0.332 e. The zero-order valence-electron chi connectivity index (χ0n) is 18.8. The predicted octanol–water partition coefficient (Wildman–Crippen LogP) is 1.97. The van der Waals surface area contributed by atoms with E-state index in [4.69, 9.17) is 21.7 Å². The van der Waals surface area contributed by atoms with Gasteiger partial charge in [-0.2, -0.15) is 5.10 Å². The molecule has 0 bridgehead atoms. The molecule has 0 fully saturated rings. The van der Waals surface area contributed by atoms with Crippen LogP contribution in [0, 0.1) is 0 Å². The van der Waals surface area contributed by atoms with E-state index in [0.717, 1.165) is 10.1 Å². The molecule has 5 aromatic rings. The highest BCUT2D eigenvalue weighted by molar-refractivity contribution is 7.82. The third-order valence-corrected chi connectivity index (χ3v) is 6.76.